The van der Waals surface area contributed by atoms with Crippen LogP contribution in [-0.4, -0.2) is 18.0 Å². The minimum Gasteiger partial charge on any atom is -0.462 e. The molecule has 2 fully saturated rings. The van der Waals surface area contributed by atoms with E-state index in [0.29, 0.717) is 35.5 Å². The van der Waals surface area contributed by atoms with E-state index in [4.69, 9.17) is 9.47 Å². The molecule has 0 amide bonds. The van der Waals surface area contributed by atoms with Crippen molar-refractivity contribution in [2.24, 2.45) is 17.3 Å². The van der Waals surface area contributed by atoms with E-state index in [1.165, 1.54) is 11.1 Å². The van der Waals surface area contributed by atoms with Gasteiger partial charge in [0.15, 0.2) is 0 Å². The van der Waals surface area contributed by atoms with E-state index < -0.39 is 0 Å². The predicted octanol–water partition coefficient (Wildman–Crippen LogP) is 6.47. The van der Waals surface area contributed by atoms with Gasteiger partial charge >= 0.3 is 11.9 Å². The lowest BCUT2D eigenvalue weighted by Gasteiger charge is -2.50. The van der Waals surface area contributed by atoms with Gasteiger partial charge in [0, 0.05) is 11.8 Å². The van der Waals surface area contributed by atoms with E-state index in [2.05, 4.69) is 19.1 Å². The fraction of sp³-hybridized carbons (Fsp3) is 0.517. The summed E-state index contributed by atoms with van der Waals surface area (Å²) in [5, 5.41) is 0. The second-order valence-electron chi connectivity index (χ2n) is 10.4. The first-order valence-corrected chi connectivity index (χ1v) is 12.6. The third-order valence-electron chi connectivity index (χ3n) is 8.56. The second-order valence-corrected chi connectivity index (χ2v) is 10.4. The summed E-state index contributed by atoms with van der Waals surface area (Å²) in [6.45, 7) is 4.39. The molecule has 5 rings (SSSR count). The molecule has 5 atom stereocenters. The average molecular weight is 447 g/mol. The summed E-state index contributed by atoms with van der Waals surface area (Å²) in [6, 6.07) is 15.4. The van der Waals surface area contributed by atoms with Gasteiger partial charge in [0.25, 0.3) is 0 Å². The highest BCUT2D eigenvalue weighted by molar-refractivity contribution is 5.91. The molecule has 0 radical (unpaired) electrons. The Kier molecular flexibility index (Phi) is 6.03. The monoisotopic (exact) mass is 446 g/mol. The van der Waals surface area contributed by atoms with Gasteiger partial charge in [0.2, 0.25) is 0 Å². The van der Waals surface area contributed by atoms with Crippen LogP contribution in [0.1, 0.15) is 86.2 Å². The molecule has 2 saturated carbocycles. The molecule has 0 aliphatic heterocycles. The average Bonchev–Trinajstić information content (AvgIpc) is 3.15. The zero-order chi connectivity index (χ0) is 23.0. The maximum Gasteiger partial charge on any atom is 0.343 e. The number of hydrogen-bond acceptors (Lipinski definition) is 4. The molecule has 2 aromatic carbocycles. The summed E-state index contributed by atoms with van der Waals surface area (Å²) >= 11 is 0. The van der Waals surface area contributed by atoms with E-state index in [1.54, 1.807) is 12.1 Å². The van der Waals surface area contributed by atoms with E-state index in [-0.39, 0.29) is 23.5 Å². The van der Waals surface area contributed by atoms with Crippen LogP contribution in [0.2, 0.25) is 0 Å². The molecule has 0 heterocycles. The van der Waals surface area contributed by atoms with Crippen LogP contribution in [0, 0.1) is 17.3 Å². The van der Waals surface area contributed by atoms with Gasteiger partial charge in [-0.15, -0.1) is 0 Å². The van der Waals surface area contributed by atoms with Gasteiger partial charge in [-0.1, -0.05) is 38.1 Å². The lowest BCUT2D eigenvalue weighted by atomic mass is 9.55. The second kappa shape index (κ2) is 8.96. The number of esters is 2. The van der Waals surface area contributed by atoms with Crippen molar-refractivity contribution >= 4 is 11.9 Å². The molecule has 0 aromatic heterocycles. The van der Waals surface area contributed by atoms with Crippen molar-refractivity contribution in [1.82, 2.24) is 0 Å². The van der Waals surface area contributed by atoms with Gasteiger partial charge in [-0.2, -0.15) is 0 Å². The van der Waals surface area contributed by atoms with Crippen LogP contribution < -0.4 is 4.74 Å². The molecule has 4 heteroatoms. The van der Waals surface area contributed by atoms with Crippen molar-refractivity contribution in [3.05, 3.63) is 65.2 Å². The third-order valence-corrected chi connectivity index (χ3v) is 8.56. The lowest BCUT2D eigenvalue weighted by Crippen LogP contribution is -2.45. The standard InChI is InChI=1S/C29H34O4/c1-3-7-27(30)33-26-15-14-25-24-12-10-20-18-21(32-28(31)19-8-5-4-6-9-19)11-13-22(20)23(24)16-17-29(25,26)2/h4-6,8-9,11,13,18,23-26H,3,7,10,12,14-17H2,1-2H3/t23-,24-,25+,26+,29+/m0/s1. The fourth-order valence-electron chi connectivity index (χ4n) is 6.93. The summed E-state index contributed by atoms with van der Waals surface area (Å²) in [6.07, 6.45) is 8.00. The van der Waals surface area contributed by atoms with Gasteiger partial charge in [0.1, 0.15) is 11.9 Å². The van der Waals surface area contributed by atoms with Gasteiger partial charge in [-0.25, -0.2) is 4.79 Å². The van der Waals surface area contributed by atoms with E-state index in [1.807, 2.05) is 31.2 Å². The first-order chi connectivity index (χ1) is 16.0. The molecule has 0 bridgehead atoms. The number of fused-ring (bicyclic) bond motifs is 5. The lowest BCUT2D eigenvalue weighted by molar-refractivity contribution is -0.157. The number of rotatable bonds is 5. The van der Waals surface area contributed by atoms with Gasteiger partial charge in [0.05, 0.1) is 5.56 Å². The van der Waals surface area contributed by atoms with Crippen molar-refractivity contribution in [3.8, 4) is 5.75 Å². The van der Waals surface area contributed by atoms with Crippen LogP contribution >= 0.6 is 0 Å². The van der Waals surface area contributed by atoms with Crippen LogP contribution in [-0.2, 0) is 16.0 Å². The van der Waals surface area contributed by atoms with Gasteiger partial charge < -0.3 is 9.47 Å². The third kappa shape index (κ3) is 4.09. The molecule has 0 N–H and O–H groups in total. The van der Waals surface area contributed by atoms with Crippen LogP contribution in [0.25, 0.3) is 0 Å². The molecule has 0 spiro atoms. The zero-order valence-corrected chi connectivity index (χ0v) is 19.7. The Bertz CT molecular complexity index is 1030. The largest absolute Gasteiger partial charge is 0.462 e. The molecule has 174 valence electrons. The predicted molar refractivity (Wildman–Crippen MR) is 127 cm³/mol. The first kappa shape index (κ1) is 22.2. The summed E-state index contributed by atoms with van der Waals surface area (Å²) in [7, 11) is 0. The molecular formula is C29H34O4. The first-order valence-electron chi connectivity index (χ1n) is 12.6. The molecule has 0 unspecified atom stereocenters. The zero-order valence-electron chi connectivity index (χ0n) is 19.7. The summed E-state index contributed by atoms with van der Waals surface area (Å²) in [5.41, 5.74) is 3.42. The molecule has 2 aromatic rings. The Morgan fingerprint density at radius 1 is 1.03 bits per heavy atom. The highest BCUT2D eigenvalue weighted by Crippen LogP contribution is 2.61. The van der Waals surface area contributed by atoms with Crippen LogP contribution in [0.5, 0.6) is 5.75 Å². The molecule has 0 saturated heterocycles. The minimum absolute atomic E-state index is 0.0296. The number of aryl methyl sites for hydroxylation is 1. The minimum atomic E-state index is -0.313. The van der Waals surface area contributed by atoms with Crippen molar-refractivity contribution in [1.29, 1.82) is 0 Å². The number of benzene rings is 2. The van der Waals surface area contributed by atoms with Crippen molar-refractivity contribution in [3.63, 3.8) is 0 Å². The molecular weight excluding hydrogens is 412 g/mol. The Hall–Kier alpha value is -2.62. The normalized spacial score (nSPS) is 30.0. The molecule has 33 heavy (non-hydrogen) atoms. The maximum atomic E-state index is 12.5. The summed E-state index contributed by atoms with van der Waals surface area (Å²) in [4.78, 5) is 24.7. The smallest absolute Gasteiger partial charge is 0.343 e. The molecule has 3 aliphatic rings. The fourth-order valence-corrected chi connectivity index (χ4v) is 6.93. The topological polar surface area (TPSA) is 52.6 Å². The Morgan fingerprint density at radius 2 is 1.85 bits per heavy atom. The Balaban J connectivity index is 1.31. The highest BCUT2D eigenvalue weighted by atomic mass is 16.5. The highest BCUT2D eigenvalue weighted by Gasteiger charge is 2.56. The van der Waals surface area contributed by atoms with E-state index in [9.17, 15) is 9.59 Å². The Labute approximate surface area is 196 Å². The van der Waals surface area contributed by atoms with E-state index in [0.717, 1.165) is 44.9 Å². The maximum absolute atomic E-state index is 12.5. The van der Waals surface area contributed by atoms with Crippen molar-refractivity contribution in [2.75, 3.05) is 0 Å². The summed E-state index contributed by atoms with van der Waals surface area (Å²) < 4.78 is 11.6. The van der Waals surface area contributed by atoms with Crippen LogP contribution in [0.15, 0.2) is 48.5 Å². The van der Waals surface area contributed by atoms with Gasteiger partial charge in [-0.05, 0) is 98.1 Å². The number of ether oxygens (including phenoxy) is 2. The molecule has 4 nitrogen and oxygen atoms in total. The summed E-state index contributed by atoms with van der Waals surface area (Å²) in [5.74, 6) is 2.09. The number of carbonyl (C=O) groups is 2. The van der Waals surface area contributed by atoms with Gasteiger partial charge in [-0.3, -0.25) is 4.79 Å². The van der Waals surface area contributed by atoms with Crippen molar-refractivity contribution in [2.45, 2.75) is 77.2 Å². The quantitative estimate of drug-likeness (QED) is 0.390. The number of hydrogen-bond donors (Lipinski definition) is 0. The Morgan fingerprint density at radius 3 is 2.64 bits per heavy atom. The van der Waals surface area contributed by atoms with Crippen molar-refractivity contribution < 1.29 is 19.1 Å². The van der Waals surface area contributed by atoms with Crippen LogP contribution in [0.3, 0.4) is 0 Å². The van der Waals surface area contributed by atoms with Crippen LogP contribution in [0.4, 0.5) is 0 Å². The van der Waals surface area contributed by atoms with E-state index >= 15 is 0 Å². The molecule has 3 aliphatic carbocycles. The SMILES string of the molecule is CCCC(=O)O[C@@H]1CC[C@@H]2[C@H]3CCc4cc(OC(=O)c5ccccc5)ccc4[C@@H]3CC[C@]21C. The number of carbonyl (C=O) groups excluding carboxylic acids is 2.